The second kappa shape index (κ2) is 6.31. The Balaban J connectivity index is 2.89. The van der Waals surface area contributed by atoms with Crippen molar-refractivity contribution in [3.63, 3.8) is 0 Å². The third-order valence-electron chi connectivity index (χ3n) is 2.42. The van der Waals surface area contributed by atoms with Crippen LogP contribution in [0.1, 0.15) is 12.0 Å². The lowest BCUT2D eigenvalue weighted by Crippen LogP contribution is -2.28. The third-order valence-corrected chi connectivity index (χ3v) is 3.33. The number of ether oxygens (including phenoxy) is 1. The van der Waals surface area contributed by atoms with Crippen LogP contribution in [0.25, 0.3) is 0 Å². The highest BCUT2D eigenvalue weighted by Gasteiger charge is 2.31. The van der Waals surface area contributed by atoms with Gasteiger partial charge in [-0.3, -0.25) is 4.79 Å². The molecule has 118 valence electrons. The largest absolute Gasteiger partial charge is 0.496 e. The van der Waals surface area contributed by atoms with Gasteiger partial charge in [-0.25, -0.2) is 13.6 Å². The summed E-state index contributed by atoms with van der Waals surface area (Å²) in [5.74, 6) is -1.01. The van der Waals surface area contributed by atoms with E-state index in [4.69, 9.17) is 9.88 Å². The van der Waals surface area contributed by atoms with Crippen molar-refractivity contribution < 1.29 is 31.1 Å². The summed E-state index contributed by atoms with van der Waals surface area (Å²) in [6.45, 7) is -0.318. The highest BCUT2D eigenvalue weighted by molar-refractivity contribution is 7.89. The quantitative estimate of drug-likeness (QED) is 0.840. The van der Waals surface area contributed by atoms with Crippen molar-refractivity contribution >= 4 is 15.9 Å². The fourth-order valence-electron chi connectivity index (χ4n) is 1.51. The number of halogens is 3. The van der Waals surface area contributed by atoms with E-state index in [0.717, 1.165) is 6.07 Å². The molecule has 0 saturated heterocycles. The Kier molecular flexibility index (Phi) is 5.18. The van der Waals surface area contributed by atoms with E-state index in [9.17, 15) is 26.4 Å². The first kappa shape index (κ1) is 17.2. The standard InChI is InChI=1S/C11H13F3N2O4S/c1-20-9-3-2-8(21(15,18)19)4-7(9)6-16-10(17)5-11(12,13)14/h2-4H,5-6H2,1H3,(H,16,17)(H2,15,18,19). The van der Waals surface area contributed by atoms with E-state index < -0.39 is 28.5 Å². The average Bonchev–Trinajstić information content (AvgIpc) is 2.32. The molecule has 0 unspecified atom stereocenters. The number of hydrogen-bond donors (Lipinski definition) is 2. The molecule has 0 heterocycles. The lowest BCUT2D eigenvalue weighted by Gasteiger charge is -2.12. The zero-order chi connectivity index (χ0) is 16.3. The maximum Gasteiger partial charge on any atom is 0.397 e. The number of nitrogens with two attached hydrogens (primary N) is 1. The van der Waals surface area contributed by atoms with Crippen LogP contribution in [0.4, 0.5) is 13.2 Å². The zero-order valence-electron chi connectivity index (χ0n) is 10.9. The van der Waals surface area contributed by atoms with Gasteiger partial charge in [0.1, 0.15) is 12.2 Å². The molecule has 0 aliphatic rings. The molecule has 10 heteroatoms. The fourth-order valence-corrected chi connectivity index (χ4v) is 2.07. The molecule has 0 saturated carbocycles. The first-order valence-electron chi connectivity index (χ1n) is 5.56. The van der Waals surface area contributed by atoms with E-state index in [1.54, 1.807) is 0 Å². The first-order chi connectivity index (χ1) is 9.53. The van der Waals surface area contributed by atoms with E-state index in [1.807, 2.05) is 5.32 Å². The summed E-state index contributed by atoms with van der Waals surface area (Å²) >= 11 is 0. The molecule has 0 atom stereocenters. The van der Waals surface area contributed by atoms with Crippen molar-refractivity contribution in [2.75, 3.05) is 7.11 Å². The van der Waals surface area contributed by atoms with Crippen LogP contribution in [-0.2, 0) is 21.4 Å². The number of methoxy groups -OCH3 is 1. The minimum Gasteiger partial charge on any atom is -0.496 e. The van der Waals surface area contributed by atoms with Crippen LogP contribution >= 0.6 is 0 Å². The maximum atomic E-state index is 12.0. The summed E-state index contributed by atoms with van der Waals surface area (Å²) in [6, 6.07) is 3.61. The molecule has 0 radical (unpaired) electrons. The minimum atomic E-state index is -4.61. The summed E-state index contributed by atoms with van der Waals surface area (Å²) < 4.78 is 63.4. The number of nitrogens with one attached hydrogen (secondary N) is 1. The topological polar surface area (TPSA) is 98.5 Å². The highest BCUT2D eigenvalue weighted by Crippen LogP contribution is 2.22. The van der Waals surface area contributed by atoms with Crippen LogP contribution in [0.2, 0.25) is 0 Å². The number of carbonyl (C=O) groups is 1. The van der Waals surface area contributed by atoms with Crippen LogP contribution in [0.3, 0.4) is 0 Å². The molecule has 3 N–H and O–H groups in total. The van der Waals surface area contributed by atoms with Gasteiger partial charge in [-0.1, -0.05) is 0 Å². The minimum absolute atomic E-state index is 0.194. The number of hydrogen-bond acceptors (Lipinski definition) is 4. The molecule has 1 aromatic carbocycles. The van der Waals surface area contributed by atoms with E-state index >= 15 is 0 Å². The van der Waals surface area contributed by atoms with Gasteiger partial charge in [0.05, 0.1) is 12.0 Å². The van der Waals surface area contributed by atoms with E-state index in [0.29, 0.717) is 0 Å². The van der Waals surface area contributed by atoms with Crippen LogP contribution in [0.5, 0.6) is 5.75 Å². The molecule has 1 aromatic rings. The Bertz CT molecular complexity index is 629. The van der Waals surface area contributed by atoms with Gasteiger partial charge in [0.2, 0.25) is 15.9 Å². The van der Waals surface area contributed by atoms with E-state index in [1.165, 1.54) is 19.2 Å². The number of sulfonamides is 1. The number of alkyl halides is 3. The molecule has 0 spiro atoms. The van der Waals surface area contributed by atoms with Gasteiger partial charge in [0.15, 0.2) is 0 Å². The van der Waals surface area contributed by atoms with Crippen molar-refractivity contribution in [2.45, 2.75) is 24.0 Å². The molecule has 0 bridgehead atoms. The van der Waals surface area contributed by atoms with Gasteiger partial charge >= 0.3 is 6.18 Å². The lowest BCUT2D eigenvalue weighted by molar-refractivity contribution is -0.153. The van der Waals surface area contributed by atoms with Crippen LogP contribution in [0, 0.1) is 0 Å². The van der Waals surface area contributed by atoms with Gasteiger partial charge < -0.3 is 10.1 Å². The molecular formula is C11H13F3N2O4S. The van der Waals surface area contributed by atoms with Gasteiger partial charge in [0.25, 0.3) is 0 Å². The first-order valence-corrected chi connectivity index (χ1v) is 7.11. The van der Waals surface area contributed by atoms with Gasteiger partial charge in [-0.05, 0) is 18.2 Å². The molecule has 1 amide bonds. The van der Waals surface area contributed by atoms with Crippen molar-refractivity contribution in [3.8, 4) is 5.75 Å². The van der Waals surface area contributed by atoms with Crippen LogP contribution < -0.4 is 15.2 Å². The monoisotopic (exact) mass is 326 g/mol. The predicted molar refractivity (Wildman–Crippen MR) is 66.9 cm³/mol. The van der Waals surface area contributed by atoms with Crippen molar-refractivity contribution in [1.82, 2.24) is 5.32 Å². The number of primary sulfonamides is 1. The van der Waals surface area contributed by atoms with Gasteiger partial charge in [-0.15, -0.1) is 0 Å². The molecule has 6 nitrogen and oxygen atoms in total. The second-order valence-electron chi connectivity index (χ2n) is 4.09. The molecule has 1 rings (SSSR count). The second-order valence-corrected chi connectivity index (χ2v) is 5.65. The molecule has 0 aromatic heterocycles. The lowest BCUT2D eigenvalue weighted by atomic mass is 10.2. The van der Waals surface area contributed by atoms with E-state index in [2.05, 4.69) is 0 Å². The van der Waals surface area contributed by atoms with Gasteiger partial charge in [0, 0.05) is 12.1 Å². The molecule has 0 fully saturated rings. The van der Waals surface area contributed by atoms with Crippen LogP contribution in [-0.4, -0.2) is 27.6 Å². The smallest absolute Gasteiger partial charge is 0.397 e. The highest BCUT2D eigenvalue weighted by atomic mass is 32.2. The van der Waals surface area contributed by atoms with Crippen molar-refractivity contribution in [2.24, 2.45) is 5.14 Å². The number of amides is 1. The average molecular weight is 326 g/mol. The summed E-state index contributed by atoms with van der Waals surface area (Å²) in [7, 11) is -2.67. The maximum absolute atomic E-state index is 12.0. The summed E-state index contributed by atoms with van der Waals surface area (Å²) in [5.41, 5.74) is 0.194. The molecule has 21 heavy (non-hydrogen) atoms. The number of rotatable bonds is 5. The Morgan fingerprint density at radius 3 is 2.48 bits per heavy atom. The summed E-state index contributed by atoms with van der Waals surface area (Å²) in [4.78, 5) is 10.9. The Labute approximate surface area is 119 Å². The summed E-state index contributed by atoms with van der Waals surface area (Å²) in [5, 5.41) is 6.99. The normalized spacial score (nSPS) is 12.0. The van der Waals surface area contributed by atoms with Crippen molar-refractivity contribution in [1.29, 1.82) is 0 Å². The predicted octanol–water partition coefficient (Wildman–Crippen LogP) is 0.911. The Hall–Kier alpha value is -1.81. The molecule has 0 aliphatic heterocycles. The Morgan fingerprint density at radius 1 is 1.38 bits per heavy atom. The van der Waals surface area contributed by atoms with Gasteiger partial charge in [-0.2, -0.15) is 13.2 Å². The fraction of sp³-hybridized carbons (Fsp3) is 0.364. The van der Waals surface area contributed by atoms with Crippen LogP contribution in [0.15, 0.2) is 23.1 Å². The SMILES string of the molecule is COc1ccc(S(N)(=O)=O)cc1CNC(=O)CC(F)(F)F. The zero-order valence-corrected chi connectivity index (χ0v) is 11.7. The Morgan fingerprint density at radius 2 is 2.00 bits per heavy atom. The summed E-state index contributed by atoms with van der Waals surface area (Å²) in [6.07, 6.45) is -6.24. The molecular weight excluding hydrogens is 313 g/mol. The van der Waals surface area contributed by atoms with E-state index in [-0.39, 0.29) is 22.8 Å². The third kappa shape index (κ3) is 5.60. The number of carbonyl (C=O) groups excluding carboxylic acids is 1. The van der Waals surface area contributed by atoms with Crippen molar-refractivity contribution in [3.05, 3.63) is 23.8 Å². The molecule has 0 aliphatic carbocycles. The number of benzene rings is 1.